The molecule has 1 heterocycles. The molecule has 1 atom stereocenters. The van der Waals surface area contributed by atoms with Crippen molar-refractivity contribution < 1.29 is 4.79 Å². The first-order valence-electron chi connectivity index (χ1n) is 7.44. The van der Waals surface area contributed by atoms with Crippen LogP contribution < -0.4 is 0 Å². The SMILES string of the molecule is CC(c1ccccc1)N(C)C(=O)c1ccc(-n2cncn2)cc1. The molecule has 3 aromatic rings. The zero-order valence-corrected chi connectivity index (χ0v) is 13.1. The summed E-state index contributed by atoms with van der Waals surface area (Å²) in [6, 6.07) is 17.4. The van der Waals surface area contributed by atoms with E-state index in [1.807, 2.05) is 68.6 Å². The van der Waals surface area contributed by atoms with E-state index in [9.17, 15) is 4.79 Å². The fraction of sp³-hybridized carbons (Fsp3) is 0.167. The summed E-state index contributed by atoms with van der Waals surface area (Å²) < 4.78 is 1.66. The molecule has 3 rings (SSSR count). The molecule has 2 aromatic carbocycles. The highest BCUT2D eigenvalue weighted by atomic mass is 16.2. The van der Waals surface area contributed by atoms with E-state index in [2.05, 4.69) is 10.1 Å². The fourth-order valence-corrected chi connectivity index (χ4v) is 2.43. The van der Waals surface area contributed by atoms with Crippen LogP contribution in [0.15, 0.2) is 67.3 Å². The maximum Gasteiger partial charge on any atom is 0.254 e. The third-order valence-corrected chi connectivity index (χ3v) is 3.98. The smallest absolute Gasteiger partial charge is 0.254 e. The zero-order chi connectivity index (χ0) is 16.2. The van der Waals surface area contributed by atoms with Crippen molar-refractivity contribution in [3.05, 3.63) is 78.4 Å². The molecule has 23 heavy (non-hydrogen) atoms. The van der Waals surface area contributed by atoms with Gasteiger partial charge in [-0.1, -0.05) is 30.3 Å². The van der Waals surface area contributed by atoms with Gasteiger partial charge in [0, 0.05) is 12.6 Å². The lowest BCUT2D eigenvalue weighted by molar-refractivity contribution is 0.0742. The van der Waals surface area contributed by atoms with Gasteiger partial charge >= 0.3 is 0 Å². The van der Waals surface area contributed by atoms with Crippen LogP contribution in [0.25, 0.3) is 5.69 Å². The van der Waals surface area contributed by atoms with Crippen molar-refractivity contribution >= 4 is 5.91 Å². The molecule has 1 amide bonds. The number of hydrogen-bond acceptors (Lipinski definition) is 3. The first-order valence-corrected chi connectivity index (χ1v) is 7.44. The van der Waals surface area contributed by atoms with Gasteiger partial charge in [0.1, 0.15) is 12.7 Å². The van der Waals surface area contributed by atoms with Crippen molar-refractivity contribution in [2.75, 3.05) is 7.05 Å². The summed E-state index contributed by atoms with van der Waals surface area (Å²) in [5.41, 5.74) is 2.64. The second-order valence-corrected chi connectivity index (χ2v) is 5.39. The first kappa shape index (κ1) is 15.0. The normalized spacial score (nSPS) is 11.9. The molecule has 0 radical (unpaired) electrons. The summed E-state index contributed by atoms with van der Waals surface area (Å²) in [6.45, 7) is 2.02. The number of carbonyl (C=O) groups is 1. The van der Waals surface area contributed by atoms with Gasteiger partial charge in [0.25, 0.3) is 5.91 Å². The predicted molar refractivity (Wildman–Crippen MR) is 88.3 cm³/mol. The van der Waals surface area contributed by atoms with Gasteiger partial charge in [-0.15, -0.1) is 0 Å². The van der Waals surface area contributed by atoms with Gasteiger partial charge in [-0.05, 0) is 36.8 Å². The highest BCUT2D eigenvalue weighted by Crippen LogP contribution is 2.20. The Labute approximate surface area is 135 Å². The van der Waals surface area contributed by atoms with Crippen LogP contribution in [0.3, 0.4) is 0 Å². The Morgan fingerprint density at radius 1 is 1.09 bits per heavy atom. The summed E-state index contributed by atoms with van der Waals surface area (Å²) in [6.07, 6.45) is 3.11. The average molecular weight is 306 g/mol. The Morgan fingerprint density at radius 2 is 1.78 bits per heavy atom. The largest absolute Gasteiger partial charge is 0.335 e. The van der Waals surface area contributed by atoms with Crippen molar-refractivity contribution in [1.82, 2.24) is 19.7 Å². The number of rotatable bonds is 4. The highest BCUT2D eigenvalue weighted by molar-refractivity contribution is 5.94. The summed E-state index contributed by atoms with van der Waals surface area (Å²) in [5.74, 6) is -0.00788. The minimum absolute atomic E-state index is 0.00788. The lowest BCUT2D eigenvalue weighted by atomic mass is 10.1. The fourth-order valence-electron chi connectivity index (χ4n) is 2.43. The molecule has 0 saturated heterocycles. The van der Waals surface area contributed by atoms with Crippen LogP contribution in [0.1, 0.15) is 28.9 Å². The molecule has 116 valence electrons. The molecular formula is C18H18N4O. The molecule has 0 spiro atoms. The second kappa shape index (κ2) is 6.44. The quantitative estimate of drug-likeness (QED) is 0.744. The number of hydrogen-bond donors (Lipinski definition) is 0. The van der Waals surface area contributed by atoms with E-state index < -0.39 is 0 Å². The second-order valence-electron chi connectivity index (χ2n) is 5.39. The van der Waals surface area contributed by atoms with E-state index in [-0.39, 0.29) is 11.9 Å². The summed E-state index contributed by atoms with van der Waals surface area (Å²) in [7, 11) is 1.82. The third-order valence-electron chi connectivity index (χ3n) is 3.98. The zero-order valence-electron chi connectivity index (χ0n) is 13.1. The van der Waals surface area contributed by atoms with Gasteiger partial charge in [0.05, 0.1) is 11.7 Å². The predicted octanol–water partition coefficient (Wildman–Crippen LogP) is 3.10. The lowest BCUT2D eigenvalue weighted by Gasteiger charge is -2.25. The van der Waals surface area contributed by atoms with Crippen molar-refractivity contribution in [3.8, 4) is 5.69 Å². The van der Waals surface area contributed by atoms with Gasteiger partial charge in [-0.3, -0.25) is 4.79 Å². The Morgan fingerprint density at radius 3 is 2.39 bits per heavy atom. The van der Waals surface area contributed by atoms with E-state index in [1.54, 1.807) is 15.9 Å². The molecule has 0 aliphatic heterocycles. The van der Waals surface area contributed by atoms with Crippen LogP contribution in [0.4, 0.5) is 0 Å². The van der Waals surface area contributed by atoms with E-state index >= 15 is 0 Å². The van der Waals surface area contributed by atoms with E-state index in [4.69, 9.17) is 0 Å². The van der Waals surface area contributed by atoms with Crippen LogP contribution in [-0.2, 0) is 0 Å². The molecule has 1 aromatic heterocycles. The maximum absolute atomic E-state index is 12.6. The van der Waals surface area contributed by atoms with Crippen molar-refractivity contribution in [2.45, 2.75) is 13.0 Å². The van der Waals surface area contributed by atoms with Crippen LogP contribution in [0.5, 0.6) is 0 Å². The summed E-state index contributed by atoms with van der Waals surface area (Å²) in [5, 5.41) is 4.07. The number of carbonyl (C=O) groups excluding carboxylic acids is 1. The molecule has 5 nitrogen and oxygen atoms in total. The van der Waals surface area contributed by atoms with Gasteiger partial charge in [0.2, 0.25) is 0 Å². The molecule has 0 aliphatic carbocycles. The minimum Gasteiger partial charge on any atom is -0.335 e. The number of benzene rings is 2. The summed E-state index contributed by atoms with van der Waals surface area (Å²) in [4.78, 5) is 18.3. The van der Waals surface area contributed by atoms with Crippen LogP contribution >= 0.6 is 0 Å². The van der Waals surface area contributed by atoms with E-state index in [1.165, 1.54) is 6.33 Å². The Balaban J connectivity index is 1.77. The average Bonchev–Trinajstić information content (AvgIpc) is 3.15. The van der Waals surface area contributed by atoms with E-state index in [0.717, 1.165) is 11.3 Å². The van der Waals surface area contributed by atoms with E-state index in [0.29, 0.717) is 5.56 Å². The number of aromatic nitrogens is 3. The van der Waals surface area contributed by atoms with Gasteiger partial charge in [-0.25, -0.2) is 9.67 Å². The molecule has 0 saturated carbocycles. The Hall–Kier alpha value is -2.95. The maximum atomic E-state index is 12.6. The van der Waals surface area contributed by atoms with Gasteiger partial charge < -0.3 is 4.90 Å². The van der Waals surface area contributed by atoms with Crippen LogP contribution in [0, 0.1) is 0 Å². The minimum atomic E-state index is -0.00788. The molecule has 0 aliphatic rings. The lowest BCUT2D eigenvalue weighted by Crippen LogP contribution is -2.29. The molecule has 0 bridgehead atoms. The first-order chi connectivity index (χ1) is 11.2. The van der Waals surface area contributed by atoms with Gasteiger partial charge in [0.15, 0.2) is 0 Å². The molecule has 1 unspecified atom stereocenters. The highest BCUT2D eigenvalue weighted by Gasteiger charge is 2.18. The molecule has 0 N–H and O–H groups in total. The number of nitrogens with zero attached hydrogens (tertiary/aromatic N) is 4. The standard InChI is InChI=1S/C18H18N4O/c1-14(15-6-4-3-5-7-15)21(2)18(23)16-8-10-17(11-9-16)22-13-19-12-20-22/h3-14H,1-2H3. The van der Waals surface area contributed by atoms with Crippen LogP contribution in [0.2, 0.25) is 0 Å². The van der Waals surface area contributed by atoms with Crippen molar-refractivity contribution in [3.63, 3.8) is 0 Å². The molecule has 5 heteroatoms. The van der Waals surface area contributed by atoms with Gasteiger partial charge in [-0.2, -0.15) is 5.10 Å². The summed E-state index contributed by atoms with van der Waals surface area (Å²) >= 11 is 0. The topological polar surface area (TPSA) is 51.0 Å². The molecular weight excluding hydrogens is 288 g/mol. The monoisotopic (exact) mass is 306 g/mol. The van der Waals surface area contributed by atoms with Crippen molar-refractivity contribution in [2.24, 2.45) is 0 Å². The Kier molecular flexibility index (Phi) is 4.19. The van der Waals surface area contributed by atoms with Crippen LogP contribution in [-0.4, -0.2) is 32.6 Å². The van der Waals surface area contributed by atoms with Crippen molar-refractivity contribution in [1.29, 1.82) is 0 Å². The third kappa shape index (κ3) is 3.13. The molecule has 0 fully saturated rings. The number of amides is 1. The Bertz CT molecular complexity index is 767.